The van der Waals surface area contributed by atoms with E-state index in [1.54, 1.807) is 41.0 Å². The van der Waals surface area contributed by atoms with E-state index in [9.17, 15) is 14.4 Å². The van der Waals surface area contributed by atoms with Crippen molar-refractivity contribution in [3.8, 4) is 5.75 Å². The third-order valence-corrected chi connectivity index (χ3v) is 4.25. The van der Waals surface area contributed by atoms with Crippen molar-refractivity contribution in [3.63, 3.8) is 0 Å². The molecule has 1 aromatic carbocycles. The Labute approximate surface area is 144 Å². The van der Waals surface area contributed by atoms with Crippen molar-refractivity contribution in [2.45, 2.75) is 13.3 Å². The third-order valence-electron chi connectivity index (χ3n) is 4.25. The van der Waals surface area contributed by atoms with Crippen LogP contribution >= 0.6 is 0 Å². The largest absolute Gasteiger partial charge is 0.484 e. The summed E-state index contributed by atoms with van der Waals surface area (Å²) in [6.45, 7) is 3.78. The first-order valence-corrected chi connectivity index (χ1v) is 8.23. The Bertz CT molecular complexity index is 845. The Kier molecular flexibility index (Phi) is 5.02. The normalized spacial score (nSPS) is 15.1. The zero-order valence-electron chi connectivity index (χ0n) is 14.1. The summed E-state index contributed by atoms with van der Waals surface area (Å²) in [5, 5.41) is 0.787. The fraction of sp³-hybridized carbons (Fsp3) is 0.389. The highest BCUT2D eigenvalue weighted by molar-refractivity contribution is 5.79. The summed E-state index contributed by atoms with van der Waals surface area (Å²) in [6.07, 6.45) is 0.756. The lowest BCUT2D eigenvalue weighted by atomic mass is 10.2. The van der Waals surface area contributed by atoms with Gasteiger partial charge in [-0.1, -0.05) is 0 Å². The standard InChI is InChI=1S/C18H20N2O5/c1-13(21)19-7-2-8-20(10-9-19)17(22)12-24-15-5-3-14-4-6-18(23)25-16(14)11-15/h3-6,11H,2,7-10,12H2,1H3. The van der Waals surface area contributed by atoms with E-state index in [4.69, 9.17) is 9.15 Å². The van der Waals surface area contributed by atoms with Gasteiger partial charge in [0.25, 0.3) is 5.91 Å². The van der Waals surface area contributed by atoms with E-state index < -0.39 is 5.63 Å². The summed E-state index contributed by atoms with van der Waals surface area (Å²) in [7, 11) is 0. The number of amides is 2. The van der Waals surface area contributed by atoms with Crippen LogP contribution in [0.4, 0.5) is 0 Å². The first-order chi connectivity index (χ1) is 12.0. The molecule has 1 saturated heterocycles. The van der Waals surface area contributed by atoms with Crippen molar-refractivity contribution in [1.82, 2.24) is 9.80 Å². The monoisotopic (exact) mass is 344 g/mol. The van der Waals surface area contributed by atoms with E-state index in [2.05, 4.69) is 0 Å². The fourth-order valence-corrected chi connectivity index (χ4v) is 2.85. The smallest absolute Gasteiger partial charge is 0.336 e. The van der Waals surface area contributed by atoms with Gasteiger partial charge in [-0.05, 0) is 24.6 Å². The molecule has 0 unspecified atom stereocenters. The highest BCUT2D eigenvalue weighted by atomic mass is 16.5. The van der Waals surface area contributed by atoms with Gasteiger partial charge in [-0.2, -0.15) is 0 Å². The lowest BCUT2D eigenvalue weighted by Gasteiger charge is -2.21. The van der Waals surface area contributed by atoms with Crippen LogP contribution in [0.5, 0.6) is 5.75 Å². The van der Waals surface area contributed by atoms with E-state index in [0.717, 1.165) is 11.8 Å². The molecule has 2 amide bonds. The van der Waals surface area contributed by atoms with Crippen molar-refractivity contribution in [1.29, 1.82) is 0 Å². The number of carbonyl (C=O) groups excluding carboxylic acids is 2. The number of hydrogen-bond acceptors (Lipinski definition) is 5. The first kappa shape index (κ1) is 17.0. The topological polar surface area (TPSA) is 80.1 Å². The van der Waals surface area contributed by atoms with E-state index in [1.807, 2.05) is 0 Å². The van der Waals surface area contributed by atoms with Crippen LogP contribution in [-0.2, 0) is 9.59 Å². The Balaban J connectivity index is 1.60. The Morgan fingerprint density at radius 3 is 2.60 bits per heavy atom. The minimum atomic E-state index is -0.430. The van der Waals surface area contributed by atoms with Crippen LogP contribution in [0.2, 0.25) is 0 Å². The Morgan fingerprint density at radius 1 is 1.08 bits per heavy atom. The third kappa shape index (κ3) is 4.17. The molecular weight excluding hydrogens is 324 g/mol. The molecule has 1 aromatic heterocycles. The maximum Gasteiger partial charge on any atom is 0.336 e. The van der Waals surface area contributed by atoms with Gasteiger partial charge >= 0.3 is 5.63 Å². The Morgan fingerprint density at radius 2 is 1.80 bits per heavy atom. The van der Waals surface area contributed by atoms with Gasteiger partial charge in [-0.15, -0.1) is 0 Å². The summed E-state index contributed by atoms with van der Waals surface area (Å²) >= 11 is 0. The van der Waals surface area contributed by atoms with Gasteiger partial charge in [-0.25, -0.2) is 4.79 Å². The molecule has 0 bridgehead atoms. The predicted octanol–water partition coefficient (Wildman–Crippen LogP) is 1.25. The molecular formula is C18H20N2O5. The van der Waals surface area contributed by atoms with Gasteiger partial charge < -0.3 is 19.0 Å². The minimum Gasteiger partial charge on any atom is -0.484 e. The average Bonchev–Trinajstić information content (AvgIpc) is 2.85. The number of hydrogen-bond donors (Lipinski definition) is 0. The number of fused-ring (bicyclic) bond motifs is 1. The number of benzene rings is 1. The second-order valence-corrected chi connectivity index (χ2v) is 5.98. The van der Waals surface area contributed by atoms with Crippen LogP contribution in [-0.4, -0.2) is 54.4 Å². The van der Waals surface area contributed by atoms with Gasteiger partial charge in [-0.3, -0.25) is 9.59 Å². The number of carbonyl (C=O) groups is 2. The van der Waals surface area contributed by atoms with E-state index in [-0.39, 0.29) is 18.4 Å². The van der Waals surface area contributed by atoms with E-state index in [0.29, 0.717) is 37.5 Å². The van der Waals surface area contributed by atoms with Crippen LogP contribution in [0, 0.1) is 0 Å². The van der Waals surface area contributed by atoms with E-state index >= 15 is 0 Å². The zero-order valence-corrected chi connectivity index (χ0v) is 14.1. The fourth-order valence-electron chi connectivity index (χ4n) is 2.85. The second-order valence-electron chi connectivity index (χ2n) is 5.98. The van der Waals surface area contributed by atoms with Crippen molar-refractivity contribution in [2.75, 3.05) is 32.8 Å². The van der Waals surface area contributed by atoms with Crippen LogP contribution < -0.4 is 10.4 Å². The molecule has 7 heteroatoms. The maximum atomic E-state index is 12.3. The summed E-state index contributed by atoms with van der Waals surface area (Å²) in [5.41, 5.74) is -0.00959. The molecule has 1 aliphatic heterocycles. The summed E-state index contributed by atoms with van der Waals surface area (Å²) < 4.78 is 10.7. The van der Waals surface area contributed by atoms with Crippen molar-refractivity contribution in [3.05, 3.63) is 40.8 Å². The lowest BCUT2D eigenvalue weighted by Crippen LogP contribution is -2.38. The molecule has 3 rings (SSSR count). The number of rotatable bonds is 3. The van der Waals surface area contributed by atoms with Gasteiger partial charge in [0.05, 0.1) is 0 Å². The molecule has 1 fully saturated rings. The lowest BCUT2D eigenvalue weighted by molar-refractivity contribution is -0.134. The molecule has 0 radical (unpaired) electrons. The second kappa shape index (κ2) is 7.38. The van der Waals surface area contributed by atoms with Crippen LogP contribution in [0.3, 0.4) is 0 Å². The van der Waals surface area contributed by atoms with Crippen LogP contribution in [0.25, 0.3) is 11.0 Å². The quantitative estimate of drug-likeness (QED) is 0.783. The van der Waals surface area contributed by atoms with E-state index in [1.165, 1.54) is 6.07 Å². The predicted molar refractivity (Wildman–Crippen MR) is 91.4 cm³/mol. The molecule has 1 aliphatic rings. The molecule has 7 nitrogen and oxygen atoms in total. The Hall–Kier alpha value is -2.83. The van der Waals surface area contributed by atoms with Gasteiger partial charge in [0.2, 0.25) is 5.91 Å². The molecule has 0 atom stereocenters. The van der Waals surface area contributed by atoms with Crippen molar-refractivity contribution >= 4 is 22.8 Å². The van der Waals surface area contributed by atoms with Crippen LogP contribution in [0.15, 0.2) is 39.5 Å². The van der Waals surface area contributed by atoms with Gasteiger partial charge in [0, 0.05) is 50.6 Å². The SMILES string of the molecule is CC(=O)N1CCCN(C(=O)COc2ccc3ccc(=O)oc3c2)CC1. The summed E-state index contributed by atoms with van der Waals surface area (Å²) in [4.78, 5) is 38.5. The van der Waals surface area contributed by atoms with Crippen molar-refractivity contribution < 1.29 is 18.7 Å². The molecule has 0 N–H and O–H groups in total. The average molecular weight is 344 g/mol. The molecule has 2 aromatic rings. The summed E-state index contributed by atoms with van der Waals surface area (Å²) in [5.74, 6) is 0.374. The summed E-state index contributed by atoms with van der Waals surface area (Å²) in [6, 6.07) is 8.14. The molecule has 25 heavy (non-hydrogen) atoms. The molecule has 0 aliphatic carbocycles. The number of ether oxygens (including phenoxy) is 1. The van der Waals surface area contributed by atoms with Crippen molar-refractivity contribution in [2.24, 2.45) is 0 Å². The minimum absolute atomic E-state index is 0.0307. The highest BCUT2D eigenvalue weighted by Crippen LogP contribution is 2.19. The molecule has 2 heterocycles. The first-order valence-electron chi connectivity index (χ1n) is 8.23. The molecule has 132 valence electrons. The zero-order chi connectivity index (χ0) is 17.8. The van der Waals surface area contributed by atoms with Crippen LogP contribution in [0.1, 0.15) is 13.3 Å². The molecule has 0 saturated carbocycles. The maximum absolute atomic E-state index is 12.3. The van der Waals surface area contributed by atoms with Gasteiger partial charge in [0.1, 0.15) is 11.3 Å². The number of nitrogens with zero attached hydrogens (tertiary/aromatic N) is 2. The highest BCUT2D eigenvalue weighted by Gasteiger charge is 2.20. The van der Waals surface area contributed by atoms with Gasteiger partial charge in [0.15, 0.2) is 6.61 Å². The molecule has 0 spiro atoms.